The SMILES string of the molecule is CCN(CC)CCN1CCCC(C(C)=O)C1. The maximum Gasteiger partial charge on any atom is 0.134 e. The summed E-state index contributed by atoms with van der Waals surface area (Å²) in [6, 6.07) is 0. The van der Waals surface area contributed by atoms with E-state index >= 15 is 0 Å². The quantitative estimate of drug-likeness (QED) is 0.688. The predicted octanol–water partition coefficient (Wildman–Crippen LogP) is 1.63. The Morgan fingerprint density at radius 1 is 1.38 bits per heavy atom. The summed E-state index contributed by atoms with van der Waals surface area (Å²) >= 11 is 0. The van der Waals surface area contributed by atoms with Crippen molar-refractivity contribution in [3.63, 3.8) is 0 Å². The van der Waals surface area contributed by atoms with Crippen LogP contribution in [0.4, 0.5) is 0 Å². The van der Waals surface area contributed by atoms with E-state index in [-0.39, 0.29) is 0 Å². The van der Waals surface area contributed by atoms with Crippen molar-refractivity contribution in [2.24, 2.45) is 5.92 Å². The van der Waals surface area contributed by atoms with Crippen molar-refractivity contribution in [1.82, 2.24) is 9.80 Å². The monoisotopic (exact) mass is 226 g/mol. The lowest BCUT2D eigenvalue weighted by molar-refractivity contribution is -0.122. The maximum atomic E-state index is 11.4. The van der Waals surface area contributed by atoms with E-state index in [9.17, 15) is 4.79 Å². The van der Waals surface area contributed by atoms with Gasteiger partial charge in [0.2, 0.25) is 0 Å². The van der Waals surface area contributed by atoms with Crippen LogP contribution in [0, 0.1) is 5.92 Å². The highest BCUT2D eigenvalue weighted by Crippen LogP contribution is 2.16. The Bertz CT molecular complexity index is 214. The number of piperidine rings is 1. The maximum absolute atomic E-state index is 11.4. The van der Waals surface area contributed by atoms with E-state index in [4.69, 9.17) is 0 Å². The lowest BCUT2D eigenvalue weighted by Gasteiger charge is -2.32. The molecule has 0 bridgehead atoms. The van der Waals surface area contributed by atoms with E-state index in [0.29, 0.717) is 11.7 Å². The fourth-order valence-corrected chi connectivity index (χ4v) is 2.41. The molecule has 0 aliphatic carbocycles. The van der Waals surface area contributed by atoms with Crippen LogP contribution in [0.3, 0.4) is 0 Å². The number of carbonyl (C=O) groups excluding carboxylic acids is 1. The summed E-state index contributed by atoms with van der Waals surface area (Å²) in [4.78, 5) is 16.3. The van der Waals surface area contributed by atoms with Crippen LogP contribution in [-0.4, -0.2) is 54.9 Å². The third-order valence-corrected chi connectivity index (χ3v) is 3.71. The third kappa shape index (κ3) is 4.22. The zero-order valence-electron chi connectivity index (χ0n) is 11.0. The number of likely N-dealkylation sites (tertiary alicyclic amines) is 1. The van der Waals surface area contributed by atoms with Crippen LogP contribution in [0.1, 0.15) is 33.6 Å². The molecule has 1 fully saturated rings. The molecule has 1 saturated heterocycles. The average molecular weight is 226 g/mol. The first-order chi connectivity index (χ1) is 7.67. The molecule has 0 radical (unpaired) electrons. The molecular weight excluding hydrogens is 200 g/mol. The Balaban J connectivity index is 2.29. The topological polar surface area (TPSA) is 23.6 Å². The number of hydrogen-bond acceptors (Lipinski definition) is 3. The molecular formula is C13H26N2O. The zero-order chi connectivity index (χ0) is 12.0. The second-order valence-electron chi connectivity index (χ2n) is 4.78. The van der Waals surface area contributed by atoms with E-state index in [1.165, 1.54) is 13.0 Å². The number of likely N-dealkylation sites (N-methyl/N-ethyl adjacent to an activating group) is 1. The van der Waals surface area contributed by atoms with Crippen LogP contribution in [0.25, 0.3) is 0 Å². The first kappa shape index (κ1) is 13.7. The van der Waals surface area contributed by atoms with Crippen LogP contribution >= 0.6 is 0 Å². The fraction of sp³-hybridized carbons (Fsp3) is 0.923. The van der Waals surface area contributed by atoms with Gasteiger partial charge in [-0.05, 0) is 39.4 Å². The summed E-state index contributed by atoms with van der Waals surface area (Å²) in [6.07, 6.45) is 2.28. The highest BCUT2D eigenvalue weighted by Gasteiger charge is 2.22. The molecule has 1 heterocycles. The van der Waals surface area contributed by atoms with Crippen LogP contribution in [0.15, 0.2) is 0 Å². The average Bonchev–Trinajstić information content (AvgIpc) is 2.31. The highest BCUT2D eigenvalue weighted by molar-refractivity contribution is 5.78. The minimum Gasteiger partial charge on any atom is -0.303 e. The minimum absolute atomic E-state index is 0.297. The predicted molar refractivity (Wildman–Crippen MR) is 67.6 cm³/mol. The number of hydrogen-bond donors (Lipinski definition) is 0. The van der Waals surface area contributed by atoms with Crippen molar-refractivity contribution in [1.29, 1.82) is 0 Å². The molecule has 1 rings (SSSR count). The first-order valence-electron chi connectivity index (χ1n) is 6.62. The van der Waals surface area contributed by atoms with Crippen molar-refractivity contribution in [3.8, 4) is 0 Å². The van der Waals surface area contributed by atoms with Gasteiger partial charge in [0.05, 0.1) is 0 Å². The molecule has 0 aromatic heterocycles. The van der Waals surface area contributed by atoms with Gasteiger partial charge in [0.15, 0.2) is 0 Å². The second kappa shape index (κ2) is 7.02. The van der Waals surface area contributed by atoms with E-state index in [1.54, 1.807) is 6.92 Å². The Kier molecular flexibility index (Phi) is 5.99. The molecule has 0 spiro atoms. The number of carbonyl (C=O) groups is 1. The second-order valence-corrected chi connectivity index (χ2v) is 4.78. The molecule has 0 amide bonds. The van der Waals surface area contributed by atoms with Gasteiger partial charge in [0.25, 0.3) is 0 Å². The number of ketones is 1. The van der Waals surface area contributed by atoms with Crippen molar-refractivity contribution in [2.75, 3.05) is 39.3 Å². The highest BCUT2D eigenvalue weighted by atomic mass is 16.1. The molecule has 3 nitrogen and oxygen atoms in total. The molecule has 16 heavy (non-hydrogen) atoms. The lowest BCUT2D eigenvalue weighted by Crippen LogP contribution is -2.42. The number of Topliss-reactive ketones (excluding diaryl/α,β-unsaturated/α-hetero) is 1. The number of nitrogens with zero attached hydrogens (tertiary/aromatic N) is 2. The minimum atomic E-state index is 0.297. The summed E-state index contributed by atoms with van der Waals surface area (Å²) in [6.45, 7) is 12.8. The Morgan fingerprint density at radius 2 is 2.06 bits per heavy atom. The largest absolute Gasteiger partial charge is 0.303 e. The van der Waals surface area contributed by atoms with Gasteiger partial charge in [-0.2, -0.15) is 0 Å². The lowest BCUT2D eigenvalue weighted by atomic mass is 9.95. The summed E-state index contributed by atoms with van der Waals surface area (Å²) in [7, 11) is 0. The number of rotatable bonds is 6. The van der Waals surface area contributed by atoms with Crippen LogP contribution in [-0.2, 0) is 4.79 Å². The fourth-order valence-electron chi connectivity index (χ4n) is 2.41. The summed E-state index contributed by atoms with van der Waals surface area (Å²) in [5, 5.41) is 0. The van der Waals surface area contributed by atoms with E-state index in [1.807, 2.05) is 0 Å². The third-order valence-electron chi connectivity index (χ3n) is 3.71. The smallest absolute Gasteiger partial charge is 0.134 e. The van der Waals surface area contributed by atoms with Gasteiger partial charge in [-0.25, -0.2) is 0 Å². The van der Waals surface area contributed by atoms with Gasteiger partial charge in [-0.15, -0.1) is 0 Å². The van der Waals surface area contributed by atoms with Gasteiger partial charge < -0.3 is 9.80 Å². The molecule has 94 valence electrons. The van der Waals surface area contributed by atoms with E-state index in [2.05, 4.69) is 23.6 Å². The Labute approximate surface area is 99.8 Å². The molecule has 3 heteroatoms. The molecule has 1 unspecified atom stereocenters. The summed E-state index contributed by atoms with van der Waals surface area (Å²) < 4.78 is 0. The molecule has 0 aromatic carbocycles. The Morgan fingerprint density at radius 3 is 2.62 bits per heavy atom. The van der Waals surface area contributed by atoms with Crippen molar-refractivity contribution < 1.29 is 4.79 Å². The van der Waals surface area contributed by atoms with Crippen molar-refractivity contribution in [2.45, 2.75) is 33.6 Å². The molecule has 1 aliphatic heterocycles. The van der Waals surface area contributed by atoms with Crippen LogP contribution in [0.2, 0.25) is 0 Å². The summed E-state index contributed by atoms with van der Waals surface area (Å²) in [5.74, 6) is 0.665. The van der Waals surface area contributed by atoms with Crippen LogP contribution in [0.5, 0.6) is 0 Å². The molecule has 0 N–H and O–H groups in total. The molecule has 1 aliphatic rings. The van der Waals surface area contributed by atoms with Gasteiger partial charge in [0.1, 0.15) is 5.78 Å². The molecule has 1 atom stereocenters. The van der Waals surface area contributed by atoms with E-state index < -0.39 is 0 Å². The van der Waals surface area contributed by atoms with Gasteiger partial charge in [-0.1, -0.05) is 13.8 Å². The summed E-state index contributed by atoms with van der Waals surface area (Å²) in [5.41, 5.74) is 0. The van der Waals surface area contributed by atoms with Gasteiger partial charge in [-0.3, -0.25) is 4.79 Å². The normalized spacial score (nSPS) is 22.6. The van der Waals surface area contributed by atoms with E-state index in [0.717, 1.165) is 39.1 Å². The van der Waals surface area contributed by atoms with Crippen LogP contribution < -0.4 is 0 Å². The van der Waals surface area contributed by atoms with Crippen molar-refractivity contribution in [3.05, 3.63) is 0 Å². The molecule has 0 saturated carbocycles. The zero-order valence-corrected chi connectivity index (χ0v) is 11.0. The Hall–Kier alpha value is -0.410. The first-order valence-corrected chi connectivity index (χ1v) is 6.62. The van der Waals surface area contributed by atoms with Gasteiger partial charge in [0, 0.05) is 25.6 Å². The standard InChI is InChI=1S/C13H26N2O/c1-4-14(5-2)9-10-15-8-6-7-13(11-15)12(3)16/h13H,4-11H2,1-3H3. The van der Waals surface area contributed by atoms with Crippen molar-refractivity contribution >= 4 is 5.78 Å². The van der Waals surface area contributed by atoms with Gasteiger partial charge >= 0.3 is 0 Å². The molecule has 0 aromatic rings.